The molecule has 0 radical (unpaired) electrons. The predicted octanol–water partition coefficient (Wildman–Crippen LogP) is 2.73. The first-order valence-electron chi connectivity index (χ1n) is 7.63. The summed E-state index contributed by atoms with van der Waals surface area (Å²) in [7, 11) is 0. The van der Waals surface area contributed by atoms with Crippen molar-refractivity contribution in [2.24, 2.45) is 5.92 Å². The van der Waals surface area contributed by atoms with Crippen LogP contribution in [-0.2, 0) is 0 Å². The Labute approximate surface area is 121 Å². The van der Waals surface area contributed by atoms with Crippen molar-refractivity contribution in [2.75, 3.05) is 31.1 Å². The molecule has 3 nitrogen and oxygen atoms in total. The highest BCUT2D eigenvalue weighted by molar-refractivity contribution is 5.55. The van der Waals surface area contributed by atoms with Crippen LogP contribution in [0.15, 0.2) is 18.2 Å². The van der Waals surface area contributed by atoms with Crippen LogP contribution in [0.2, 0.25) is 0 Å². The Morgan fingerprint density at radius 2 is 2.00 bits per heavy atom. The van der Waals surface area contributed by atoms with Gasteiger partial charge >= 0.3 is 0 Å². The van der Waals surface area contributed by atoms with Gasteiger partial charge in [0.25, 0.3) is 0 Å². The van der Waals surface area contributed by atoms with Crippen molar-refractivity contribution in [3.63, 3.8) is 0 Å². The van der Waals surface area contributed by atoms with Crippen molar-refractivity contribution >= 4 is 5.69 Å². The second-order valence-corrected chi connectivity index (χ2v) is 6.29. The summed E-state index contributed by atoms with van der Waals surface area (Å²) in [5, 5.41) is 9.04. The molecule has 1 aromatic carbocycles. The van der Waals surface area contributed by atoms with Gasteiger partial charge in [0.2, 0.25) is 0 Å². The first kappa shape index (κ1) is 13.5. The van der Waals surface area contributed by atoms with Gasteiger partial charge in [-0.1, -0.05) is 12.1 Å². The zero-order valence-electron chi connectivity index (χ0n) is 12.5. The second kappa shape index (κ2) is 5.46. The molecular weight excluding hydrogens is 246 g/mol. The first-order valence-corrected chi connectivity index (χ1v) is 7.63. The van der Waals surface area contributed by atoms with Crippen molar-refractivity contribution in [3.8, 4) is 6.07 Å². The summed E-state index contributed by atoms with van der Waals surface area (Å²) in [5.74, 6) is 0.254. The van der Waals surface area contributed by atoms with Crippen LogP contribution in [0.25, 0.3) is 0 Å². The number of nitrogens with zero attached hydrogens (tertiary/aromatic N) is 3. The standard InChI is InChI=1S/C17H23N3/c1-13-3-4-14(2)17(9-13)20-8-6-16(12-20)19-7-5-15(10-18)11-19/h3-4,9,15-16H,5-8,11-12H2,1-2H3. The Morgan fingerprint density at radius 1 is 1.15 bits per heavy atom. The largest absolute Gasteiger partial charge is 0.370 e. The third kappa shape index (κ3) is 2.53. The fourth-order valence-corrected chi connectivity index (χ4v) is 3.54. The van der Waals surface area contributed by atoms with E-state index in [1.54, 1.807) is 0 Å². The van der Waals surface area contributed by atoms with E-state index in [2.05, 4.69) is 47.9 Å². The van der Waals surface area contributed by atoms with Crippen molar-refractivity contribution < 1.29 is 0 Å². The molecule has 0 aliphatic carbocycles. The summed E-state index contributed by atoms with van der Waals surface area (Å²) in [5.41, 5.74) is 4.09. The molecule has 1 aromatic rings. The van der Waals surface area contributed by atoms with E-state index in [0.29, 0.717) is 6.04 Å². The zero-order valence-corrected chi connectivity index (χ0v) is 12.5. The highest BCUT2D eigenvalue weighted by atomic mass is 15.3. The van der Waals surface area contributed by atoms with Crippen LogP contribution in [0.3, 0.4) is 0 Å². The highest BCUT2D eigenvalue weighted by Gasteiger charge is 2.33. The smallest absolute Gasteiger partial charge is 0.0669 e. The van der Waals surface area contributed by atoms with Gasteiger partial charge in [-0.15, -0.1) is 0 Å². The monoisotopic (exact) mass is 269 g/mol. The summed E-state index contributed by atoms with van der Waals surface area (Å²) in [6, 6.07) is 9.77. The van der Waals surface area contributed by atoms with Gasteiger partial charge in [-0.25, -0.2) is 0 Å². The number of aryl methyl sites for hydroxylation is 2. The SMILES string of the molecule is Cc1ccc(C)c(N2CCC(N3CCC(C#N)C3)C2)c1. The molecule has 0 amide bonds. The average molecular weight is 269 g/mol. The molecule has 2 unspecified atom stereocenters. The lowest BCUT2D eigenvalue weighted by Gasteiger charge is -2.25. The lowest BCUT2D eigenvalue weighted by atomic mass is 10.1. The highest BCUT2D eigenvalue weighted by Crippen LogP contribution is 2.29. The number of hydrogen-bond donors (Lipinski definition) is 0. The predicted molar refractivity (Wildman–Crippen MR) is 81.8 cm³/mol. The van der Waals surface area contributed by atoms with E-state index in [1.807, 2.05) is 0 Å². The Bertz CT molecular complexity index is 532. The molecule has 0 spiro atoms. The molecule has 2 saturated heterocycles. The molecule has 0 aromatic heterocycles. The molecule has 2 aliphatic heterocycles. The maximum Gasteiger partial charge on any atom is 0.0669 e. The van der Waals surface area contributed by atoms with Gasteiger partial charge in [0.05, 0.1) is 12.0 Å². The van der Waals surface area contributed by atoms with E-state index in [-0.39, 0.29) is 5.92 Å². The molecule has 2 atom stereocenters. The number of anilines is 1. The summed E-state index contributed by atoms with van der Waals surface area (Å²) >= 11 is 0. The lowest BCUT2D eigenvalue weighted by molar-refractivity contribution is 0.255. The van der Waals surface area contributed by atoms with E-state index in [4.69, 9.17) is 5.26 Å². The lowest BCUT2D eigenvalue weighted by Crippen LogP contribution is -2.36. The molecule has 3 rings (SSSR count). The topological polar surface area (TPSA) is 30.3 Å². The molecular formula is C17H23N3. The molecule has 2 heterocycles. The first-order chi connectivity index (χ1) is 9.67. The fraction of sp³-hybridized carbons (Fsp3) is 0.588. The molecule has 106 valence electrons. The molecule has 3 heteroatoms. The second-order valence-electron chi connectivity index (χ2n) is 6.29. The molecule has 0 saturated carbocycles. The molecule has 20 heavy (non-hydrogen) atoms. The number of rotatable bonds is 2. The number of likely N-dealkylation sites (tertiary alicyclic amines) is 1. The Morgan fingerprint density at radius 3 is 2.75 bits per heavy atom. The fourth-order valence-electron chi connectivity index (χ4n) is 3.54. The minimum atomic E-state index is 0.254. The average Bonchev–Trinajstić information content (AvgIpc) is 3.09. The van der Waals surface area contributed by atoms with Crippen LogP contribution in [-0.4, -0.2) is 37.1 Å². The van der Waals surface area contributed by atoms with Crippen LogP contribution in [0.1, 0.15) is 24.0 Å². The molecule has 0 N–H and O–H groups in total. The summed E-state index contributed by atoms with van der Waals surface area (Å²) in [6.45, 7) is 8.69. The summed E-state index contributed by atoms with van der Waals surface area (Å²) in [6.07, 6.45) is 2.28. The quantitative estimate of drug-likeness (QED) is 0.827. The van der Waals surface area contributed by atoms with Gasteiger partial charge in [0, 0.05) is 31.4 Å². The number of hydrogen-bond acceptors (Lipinski definition) is 3. The zero-order chi connectivity index (χ0) is 14.1. The Balaban J connectivity index is 1.68. The van der Waals surface area contributed by atoms with Crippen molar-refractivity contribution in [2.45, 2.75) is 32.7 Å². The summed E-state index contributed by atoms with van der Waals surface area (Å²) < 4.78 is 0. The van der Waals surface area contributed by atoms with Crippen LogP contribution in [0.5, 0.6) is 0 Å². The van der Waals surface area contributed by atoms with E-state index < -0.39 is 0 Å². The number of benzene rings is 1. The van der Waals surface area contributed by atoms with Gasteiger partial charge in [0.1, 0.15) is 0 Å². The summed E-state index contributed by atoms with van der Waals surface area (Å²) in [4.78, 5) is 5.05. The van der Waals surface area contributed by atoms with Gasteiger partial charge in [-0.05, 0) is 50.4 Å². The molecule has 2 fully saturated rings. The maximum absolute atomic E-state index is 9.04. The van der Waals surface area contributed by atoms with Crippen molar-refractivity contribution in [1.82, 2.24) is 4.90 Å². The van der Waals surface area contributed by atoms with Gasteiger partial charge < -0.3 is 4.90 Å². The Kier molecular flexibility index (Phi) is 3.67. The van der Waals surface area contributed by atoms with Crippen LogP contribution in [0, 0.1) is 31.1 Å². The third-order valence-electron chi connectivity index (χ3n) is 4.79. The minimum absolute atomic E-state index is 0.254. The van der Waals surface area contributed by atoms with Gasteiger partial charge in [0.15, 0.2) is 0 Å². The number of nitriles is 1. The van der Waals surface area contributed by atoms with E-state index in [1.165, 1.54) is 23.2 Å². The van der Waals surface area contributed by atoms with Gasteiger partial charge in [-0.3, -0.25) is 4.90 Å². The molecule has 0 bridgehead atoms. The minimum Gasteiger partial charge on any atom is -0.370 e. The maximum atomic E-state index is 9.04. The van der Waals surface area contributed by atoms with E-state index in [0.717, 1.165) is 32.6 Å². The van der Waals surface area contributed by atoms with Crippen molar-refractivity contribution in [3.05, 3.63) is 29.3 Å². The van der Waals surface area contributed by atoms with E-state index in [9.17, 15) is 0 Å². The van der Waals surface area contributed by atoms with Gasteiger partial charge in [-0.2, -0.15) is 5.26 Å². The normalized spacial score (nSPS) is 26.9. The molecule has 2 aliphatic rings. The van der Waals surface area contributed by atoms with Crippen LogP contribution in [0.4, 0.5) is 5.69 Å². The third-order valence-corrected chi connectivity index (χ3v) is 4.79. The van der Waals surface area contributed by atoms with Crippen LogP contribution >= 0.6 is 0 Å². The Hall–Kier alpha value is -1.53. The van der Waals surface area contributed by atoms with E-state index >= 15 is 0 Å². The van der Waals surface area contributed by atoms with Crippen LogP contribution < -0.4 is 4.90 Å². The van der Waals surface area contributed by atoms with Crippen molar-refractivity contribution in [1.29, 1.82) is 5.26 Å².